The SMILES string of the molecule is CN(C(=O)c1ccc(OCC2CC2)cc1)[C@@H]1Cc2ccc(CNCC3CC3)cc2C1. The second-order valence-electron chi connectivity index (χ2n) is 9.43. The van der Waals surface area contributed by atoms with E-state index >= 15 is 0 Å². The van der Waals surface area contributed by atoms with Gasteiger partial charge in [-0.3, -0.25) is 4.79 Å². The Morgan fingerprint density at radius 2 is 1.73 bits per heavy atom. The van der Waals surface area contributed by atoms with Crippen LogP contribution in [0.4, 0.5) is 0 Å². The molecule has 0 radical (unpaired) electrons. The van der Waals surface area contributed by atoms with Crippen molar-refractivity contribution in [1.29, 1.82) is 0 Å². The molecule has 2 saturated carbocycles. The van der Waals surface area contributed by atoms with Crippen LogP contribution in [0.15, 0.2) is 42.5 Å². The standard InChI is InChI=1S/C26H32N2O2/c1-28(26(29)21-8-10-25(11-9-21)30-17-19-4-5-19)24-13-22-7-6-20(12-23(22)14-24)16-27-15-18-2-3-18/h6-12,18-19,24,27H,2-5,13-17H2,1H3/t24-/m1/s1. The summed E-state index contributed by atoms with van der Waals surface area (Å²) in [4.78, 5) is 14.9. The lowest BCUT2D eigenvalue weighted by molar-refractivity contribution is 0.0737. The largest absolute Gasteiger partial charge is 0.493 e. The monoisotopic (exact) mass is 404 g/mol. The zero-order valence-corrected chi connectivity index (χ0v) is 17.9. The van der Waals surface area contributed by atoms with Crippen LogP contribution in [0.1, 0.15) is 52.7 Å². The van der Waals surface area contributed by atoms with Crippen LogP contribution in [0.3, 0.4) is 0 Å². The molecule has 1 N–H and O–H groups in total. The minimum Gasteiger partial charge on any atom is -0.493 e. The van der Waals surface area contributed by atoms with Crippen molar-refractivity contribution in [3.05, 3.63) is 64.7 Å². The topological polar surface area (TPSA) is 41.6 Å². The maximum atomic E-state index is 13.0. The molecule has 1 amide bonds. The molecule has 0 spiro atoms. The molecule has 4 heteroatoms. The molecule has 0 aliphatic heterocycles. The second-order valence-corrected chi connectivity index (χ2v) is 9.43. The van der Waals surface area contributed by atoms with Crippen LogP contribution < -0.4 is 10.1 Å². The number of likely N-dealkylation sites (N-methyl/N-ethyl adjacent to an activating group) is 1. The molecule has 2 aromatic rings. The highest BCUT2D eigenvalue weighted by molar-refractivity contribution is 5.94. The molecule has 5 rings (SSSR count). The Balaban J connectivity index is 1.16. The van der Waals surface area contributed by atoms with Crippen LogP contribution in [0, 0.1) is 11.8 Å². The molecule has 2 aromatic carbocycles. The lowest BCUT2D eigenvalue weighted by Crippen LogP contribution is -2.37. The van der Waals surface area contributed by atoms with Crippen LogP contribution in [0.2, 0.25) is 0 Å². The van der Waals surface area contributed by atoms with Gasteiger partial charge in [0.2, 0.25) is 0 Å². The lowest BCUT2D eigenvalue weighted by Gasteiger charge is -2.24. The predicted molar refractivity (Wildman–Crippen MR) is 119 cm³/mol. The minimum atomic E-state index is 0.0906. The van der Waals surface area contributed by atoms with E-state index < -0.39 is 0 Å². The average molecular weight is 405 g/mol. The van der Waals surface area contributed by atoms with E-state index in [1.807, 2.05) is 36.2 Å². The third-order valence-electron chi connectivity index (χ3n) is 6.79. The molecule has 3 aliphatic rings. The number of amides is 1. The van der Waals surface area contributed by atoms with E-state index in [0.29, 0.717) is 0 Å². The van der Waals surface area contributed by atoms with Gasteiger partial charge in [0.1, 0.15) is 5.75 Å². The van der Waals surface area contributed by atoms with Gasteiger partial charge in [-0.05, 0) is 97.9 Å². The lowest BCUT2D eigenvalue weighted by atomic mass is 10.1. The van der Waals surface area contributed by atoms with Gasteiger partial charge < -0.3 is 15.0 Å². The zero-order chi connectivity index (χ0) is 20.5. The fraction of sp³-hybridized carbons (Fsp3) is 0.500. The average Bonchev–Trinajstić information content (AvgIpc) is 3.70. The molecule has 0 bridgehead atoms. The summed E-state index contributed by atoms with van der Waals surface area (Å²) < 4.78 is 5.79. The summed E-state index contributed by atoms with van der Waals surface area (Å²) in [5.41, 5.74) is 4.87. The van der Waals surface area contributed by atoms with Crippen molar-refractivity contribution in [2.24, 2.45) is 11.8 Å². The Morgan fingerprint density at radius 1 is 1.00 bits per heavy atom. The highest BCUT2D eigenvalue weighted by Crippen LogP contribution is 2.30. The molecule has 0 saturated heterocycles. The third-order valence-corrected chi connectivity index (χ3v) is 6.79. The van der Waals surface area contributed by atoms with E-state index in [9.17, 15) is 4.79 Å². The summed E-state index contributed by atoms with van der Waals surface area (Å²) in [6.07, 6.45) is 7.21. The molecule has 4 nitrogen and oxygen atoms in total. The van der Waals surface area contributed by atoms with Crippen molar-refractivity contribution in [2.45, 2.75) is 51.1 Å². The van der Waals surface area contributed by atoms with E-state index in [4.69, 9.17) is 4.74 Å². The maximum absolute atomic E-state index is 13.0. The molecular formula is C26H32N2O2. The van der Waals surface area contributed by atoms with E-state index in [2.05, 4.69) is 23.5 Å². The fourth-order valence-corrected chi connectivity index (χ4v) is 4.34. The van der Waals surface area contributed by atoms with E-state index in [1.54, 1.807) is 0 Å². The van der Waals surface area contributed by atoms with Crippen molar-refractivity contribution in [2.75, 3.05) is 20.2 Å². The Hall–Kier alpha value is -2.33. The van der Waals surface area contributed by atoms with Crippen molar-refractivity contribution < 1.29 is 9.53 Å². The van der Waals surface area contributed by atoms with Gasteiger partial charge in [-0.25, -0.2) is 0 Å². The quantitative estimate of drug-likeness (QED) is 0.681. The Bertz CT molecular complexity index is 900. The Labute approximate surface area is 179 Å². The molecule has 3 aliphatic carbocycles. The molecule has 2 fully saturated rings. The smallest absolute Gasteiger partial charge is 0.253 e. The Kier molecular flexibility index (Phi) is 5.51. The summed E-state index contributed by atoms with van der Waals surface area (Å²) in [5, 5.41) is 3.58. The van der Waals surface area contributed by atoms with Gasteiger partial charge >= 0.3 is 0 Å². The van der Waals surface area contributed by atoms with Crippen LogP contribution in [0.5, 0.6) is 5.75 Å². The molecule has 0 unspecified atom stereocenters. The molecule has 0 heterocycles. The van der Waals surface area contributed by atoms with Crippen molar-refractivity contribution in [1.82, 2.24) is 10.2 Å². The van der Waals surface area contributed by atoms with Crippen molar-refractivity contribution in [3.8, 4) is 5.75 Å². The third kappa shape index (κ3) is 4.70. The van der Waals surface area contributed by atoms with Gasteiger partial charge in [0.05, 0.1) is 6.61 Å². The van der Waals surface area contributed by atoms with E-state index in [0.717, 1.165) is 55.7 Å². The first-order chi connectivity index (χ1) is 14.7. The molecular weight excluding hydrogens is 372 g/mol. The highest BCUT2D eigenvalue weighted by atomic mass is 16.5. The highest BCUT2D eigenvalue weighted by Gasteiger charge is 2.28. The van der Waals surface area contributed by atoms with Gasteiger partial charge in [-0.1, -0.05) is 18.2 Å². The Morgan fingerprint density at radius 3 is 2.47 bits per heavy atom. The summed E-state index contributed by atoms with van der Waals surface area (Å²) in [6, 6.07) is 14.7. The van der Waals surface area contributed by atoms with Gasteiger partial charge in [0, 0.05) is 25.2 Å². The first-order valence-corrected chi connectivity index (χ1v) is 11.5. The first kappa shape index (κ1) is 19.6. The van der Waals surface area contributed by atoms with E-state index in [-0.39, 0.29) is 11.9 Å². The number of hydrogen-bond donors (Lipinski definition) is 1. The van der Waals surface area contributed by atoms with Gasteiger partial charge in [0.15, 0.2) is 0 Å². The number of hydrogen-bond acceptors (Lipinski definition) is 3. The number of rotatable bonds is 9. The molecule has 0 aromatic heterocycles. The van der Waals surface area contributed by atoms with Gasteiger partial charge in [0.25, 0.3) is 5.91 Å². The maximum Gasteiger partial charge on any atom is 0.253 e. The van der Waals surface area contributed by atoms with E-state index in [1.165, 1.54) is 42.4 Å². The predicted octanol–water partition coefficient (Wildman–Crippen LogP) is 4.21. The number of ether oxygens (including phenoxy) is 1. The number of fused-ring (bicyclic) bond motifs is 1. The van der Waals surface area contributed by atoms with Crippen LogP contribution in [-0.2, 0) is 19.4 Å². The van der Waals surface area contributed by atoms with Crippen LogP contribution in [0.25, 0.3) is 0 Å². The normalized spacial score (nSPS) is 20.1. The number of benzene rings is 2. The molecule has 30 heavy (non-hydrogen) atoms. The molecule has 1 atom stereocenters. The minimum absolute atomic E-state index is 0.0906. The number of carbonyl (C=O) groups excluding carboxylic acids is 1. The summed E-state index contributed by atoms with van der Waals surface area (Å²) in [7, 11) is 1.94. The number of carbonyl (C=O) groups is 1. The number of nitrogens with one attached hydrogen (secondary N) is 1. The van der Waals surface area contributed by atoms with Gasteiger partial charge in [-0.15, -0.1) is 0 Å². The van der Waals surface area contributed by atoms with Crippen LogP contribution >= 0.6 is 0 Å². The van der Waals surface area contributed by atoms with Crippen molar-refractivity contribution in [3.63, 3.8) is 0 Å². The summed E-state index contributed by atoms with van der Waals surface area (Å²) in [6.45, 7) is 2.88. The first-order valence-electron chi connectivity index (χ1n) is 11.5. The van der Waals surface area contributed by atoms with Crippen molar-refractivity contribution >= 4 is 5.91 Å². The molecule has 158 valence electrons. The summed E-state index contributed by atoms with van der Waals surface area (Å²) >= 11 is 0. The second kappa shape index (κ2) is 8.43. The van der Waals surface area contributed by atoms with Crippen LogP contribution in [-0.4, -0.2) is 37.0 Å². The van der Waals surface area contributed by atoms with Gasteiger partial charge in [-0.2, -0.15) is 0 Å². The summed E-state index contributed by atoms with van der Waals surface area (Å²) in [5.74, 6) is 2.59. The fourth-order valence-electron chi connectivity index (χ4n) is 4.34. The number of nitrogens with zero attached hydrogens (tertiary/aromatic N) is 1. The zero-order valence-electron chi connectivity index (χ0n) is 17.9.